The first-order valence-electron chi connectivity index (χ1n) is 8.30. The van der Waals surface area contributed by atoms with Gasteiger partial charge in [0, 0.05) is 30.4 Å². The highest BCUT2D eigenvalue weighted by Gasteiger charge is 2.26. The van der Waals surface area contributed by atoms with Crippen molar-refractivity contribution in [1.29, 1.82) is 0 Å². The fraction of sp³-hybridized carbons (Fsp3) is 0.556. The van der Waals surface area contributed by atoms with Crippen LogP contribution in [-0.2, 0) is 9.59 Å². The molecule has 0 aromatic heterocycles. The van der Waals surface area contributed by atoms with Gasteiger partial charge in [0.05, 0.1) is 6.54 Å². The Bertz CT molecular complexity index is 576. The number of anilines is 2. The van der Waals surface area contributed by atoms with E-state index in [0.29, 0.717) is 24.3 Å². The van der Waals surface area contributed by atoms with Gasteiger partial charge in [0.25, 0.3) is 0 Å². The molecule has 0 radical (unpaired) electrons. The molecule has 2 N–H and O–H groups in total. The number of nitrogens with zero attached hydrogens (tertiary/aromatic N) is 1. The molecular formula is C18H27N3O2. The molecule has 1 aliphatic heterocycles. The summed E-state index contributed by atoms with van der Waals surface area (Å²) in [5, 5.41) is 5.72. The molecule has 2 atom stereocenters. The number of hydrogen-bond acceptors (Lipinski definition) is 3. The topological polar surface area (TPSA) is 61.4 Å². The fourth-order valence-corrected chi connectivity index (χ4v) is 3.18. The van der Waals surface area contributed by atoms with Crippen LogP contribution in [0.25, 0.3) is 0 Å². The Hall–Kier alpha value is -1.88. The highest BCUT2D eigenvalue weighted by Crippen LogP contribution is 2.23. The largest absolute Gasteiger partial charge is 0.326 e. The molecule has 1 fully saturated rings. The molecule has 0 bridgehead atoms. The summed E-state index contributed by atoms with van der Waals surface area (Å²) in [4.78, 5) is 25.8. The monoisotopic (exact) mass is 317 g/mol. The predicted octanol–water partition coefficient (Wildman–Crippen LogP) is 3.15. The molecule has 5 heteroatoms. The van der Waals surface area contributed by atoms with Crippen molar-refractivity contribution in [2.45, 2.75) is 59.0 Å². The number of nitrogens with one attached hydrogen (secondary N) is 2. The zero-order valence-corrected chi connectivity index (χ0v) is 14.5. The van der Waals surface area contributed by atoms with Crippen LogP contribution in [0.2, 0.25) is 0 Å². The zero-order valence-electron chi connectivity index (χ0n) is 14.5. The molecule has 2 amide bonds. The first-order valence-corrected chi connectivity index (χ1v) is 8.30. The van der Waals surface area contributed by atoms with Gasteiger partial charge in [-0.2, -0.15) is 0 Å². The minimum atomic E-state index is -0.123. The van der Waals surface area contributed by atoms with Gasteiger partial charge >= 0.3 is 0 Å². The number of likely N-dealkylation sites (tertiary alicyclic amines) is 1. The van der Waals surface area contributed by atoms with Crippen LogP contribution in [0.1, 0.15) is 45.6 Å². The second-order valence-corrected chi connectivity index (χ2v) is 6.56. The molecule has 126 valence electrons. The van der Waals surface area contributed by atoms with Gasteiger partial charge in [0.1, 0.15) is 0 Å². The normalized spacial score (nSPS) is 21.7. The molecule has 0 aliphatic carbocycles. The number of amides is 2. The summed E-state index contributed by atoms with van der Waals surface area (Å²) >= 11 is 0. The standard InChI is InChI=1S/C18H27N3O2/c1-12-8-9-16(19-15(4)22)10-17(12)20-18(23)11-21-13(2)6-5-7-14(21)3/h8-10,13-14H,5-7,11H2,1-4H3,(H,19,22)(H,20,23)/t13-,14+. The summed E-state index contributed by atoms with van der Waals surface area (Å²) in [6, 6.07) is 6.42. The zero-order chi connectivity index (χ0) is 17.0. The summed E-state index contributed by atoms with van der Waals surface area (Å²) < 4.78 is 0. The van der Waals surface area contributed by atoms with Gasteiger partial charge in [-0.15, -0.1) is 0 Å². The van der Waals surface area contributed by atoms with Gasteiger partial charge in [-0.3, -0.25) is 14.5 Å². The molecule has 1 aromatic rings. The smallest absolute Gasteiger partial charge is 0.238 e. The number of piperidine rings is 1. The van der Waals surface area contributed by atoms with Crippen molar-refractivity contribution < 1.29 is 9.59 Å². The molecule has 1 aliphatic rings. The molecule has 1 heterocycles. The summed E-state index contributed by atoms with van der Waals surface area (Å²) in [6.07, 6.45) is 3.53. The van der Waals surface area contributed by atoms with Crippen molar-refractivity contribution in [3.05, 3.63) is 23.8 Å². The van der Waals surface area contributed by atoms with Gasteiger partial charge in [0.2, 0.25) is 11.8 Å². The Labute approximate surface area is 138 Å². The number of hydrogen-bond donors (Lipinski definition) is 2. The van der Waals surface area contributed by atoms with Crippen LogP contribution in [0.4, 0.5) is 11.4 Å². The van der Waals surface area contributed by atoms with Crippen LogP contribution in [-0.4, -0.2) is 35.3 Å². The lowest BCUT2D eigenvalue weighted by atomic mass is 9.97. The molecule has 0 unspecified atom stereocenters. The van der Waals surface area contributed by atoms with E-state index < -0.39 is 0 Å². The van der Waals surface area contributed by atoms with Gasteiger partial charge in [-0.1, -0.05) is 12.5 Å². The van der Waals surface area contributed by atoms with E-state index in [2.05, 4.69) is 29.4 Å². The van der Waals surface area contributed by atoms with Crippen LogP contribution in [0, 0.1) is 6.92 Å². The van der Waals surface area contributed by atoms with E-state index in [-0.39, 0.29) is 11.8 Å². The highest BCUT2D eigenvalue weighted by atomic mass is 16.2. The first kappa shape index (κ1) is 17.5. The van der Waals surface area contributed by atoms with Gasteiger partial charge in [-0.25, -0.2) is 0 Å². The summed E-state index contributed by atoms with van der Waals surface area (Å²) in [5.41, 5.74) is 2.42. The second kappa shape index (κ2) is 7.59. The van der Waals surface area contributed by atoms with Crippen LogP contribution >= 0.6 is 0 Å². The lowest BCUT2D eigenvalue weighted by Crippen LogP contribution is -2.47. The quantitative estimate of drug-likeness (QED) is 0.897. The van der Waals surface area contributed by atoms with Gasteiger partial charge in [0.15, 0.2) is 0 Å². The van der Waals surface area contributed by atoms with E-state index in [0.717, 1.165) is 24.1 Å². The van der Waals surface area contributed by atoms with Crippen LogP contribution in [0.15, 0.2) is 18.2 Å². The van der Waals surface area contributed by atoms with E-state index >= 15 is 0 Å². The Morgan fingerprint density at radius 2 is 1.83 bits per heavy atom. The van der Waals surface area contributed by atoms with Crippen LogP contribution in [0.3, 0.4) is 0 Å². The maximum Gasteiger partial charge on any atom is 0.238 e. The van der Waals surface area contributed by atoms with Crippen LogP contribution in [0.5, 0.6) is 0 Å². The number of carbonyl (C=O) groups excluding carboxylic acids is 2. The van der Waals surface area contributed by atoms with Gasteiger partial charge < -0.3 is 10.6 Å². The third-order valence-electron chi connectivity index (χ3n) is 4.53. The van der Waals surface area contributed by atoms with Crippen molar-refractivity contribution in [2.24, 2.45) is 0 Å². The lowest BCUT2D eigenvalue weighted by Gasteiger charge is -2.38. The first-order chi connectivity index (χ1) is 10.9. The van der Waals surface area contributed by atoms with Crippen molar-refractivity contribution in [1.82, 2.24) is 4.90 Å². The highest BCUT2D eigenvalue weighted by molar-refractivity contribution is 5.95. The van der Waals surface area contributed by atoms with E-state index in [9.17, 15) is 9.59 Å². The molecule has 1 aromatic carbocycles. The molecule has 2 rings (SSSR count). The van der Waals surface area contributed by atoms with E-state index in [1.54, 1.807) is 6.07 Å². The maximum atomic E-state index is 12.4. The average molecular weight is 317 g/mol. The van der Waals surface area contributed by atoms with Crippen molar-refractivity contribution in [2.75, 3.05) is 17.2 Å². The fourth-order valence-electron chi connectivity index (χ4n) is 3.18. The Balaban J connectivity index is 2.03. The molecule has 0 saturated carbocycles. The molecular weight excluding hydrogens is 290 g/mol. The molecule has 0 spiro atoms. The Morgan fingerprint density at radius 3 is 2.43 bits per heavy atom. The number of aryl methyl sites for hydroxylation is 1. The van der Waals surface area contributed by atoms with Crippen molar-refractivity contribution in [3.8, 4) is 0 Å². The summed E-state index contributed by atoms with van der Waals surface area (Å²) in [5.74, 6) is -0.129. The minimum absolute atomic E-state index is 0.00586. The number of carbonyl (C=O) groups is 2. The third-order valence-corrected chi connectivity index (χ3v) is 4.53. The van der Waals surface area contributed by atoms with Crippen molar-refractivity contribution in [3.63, 3.8) is 0 Å². The summed E-state index contributed by atoms with van der Waals surface area (Å²) in [6.45, 7) is 8.19. The predicted molar refractivity (Wildman–Crippen MR) is 93.6 cm³/mol. The second-order valence-electron chi connectivity index (χ2n) is 6.56. The molecule has 1 saturated heterocycles. The Morgan fingerprint density at radius 1 is 1.17 bits per heavy atom. The lowest BCUT2D eigenvalue weighted by molar-refractivity contribution is -0.119. The van der Waals surface area contributed by atoms with E-state index in [1.807, 2.05) is 19.1 Å². The van der Waals surface area contributed by atoms with Gasteiger partial charge in [-0.05, 0) is 51.3 Å². The molecule has 5 nitrogen and oxygen atoms in total. The number of rotatable bonds is 4. The maximum absolute atomic E-state index is 12.4. The Kier molecular flexibility index (Phi) is 5.77. The van der Waals surface area contributed by atoms with Crippen LogP contribution < -0.4 is 10.6 Å². The minimum Gasteiger partial charge on any atom is -0.326 e. The van der Waals surface area contributed by atoms with E-state index in [4.69, 9.17) is 0 Å². The third kappa shape index (κ3) is 4.79. The summed E-state index contributed by atoms with van der Waals surface area (Å²) in [7, 11) is 0. The SMILES string of the molecule is CC(=O)Nc1ccc(C)c(NC(=O)CN2[C@H](C)CCC[C@@H]2C)c1. The van der Waals surface area contributed by atoms with E-state index in [1.165, 1.54) is 13.3 Å². The van der Waals surface area contributed by atoms with Crippen molar-refractivity contribution >= 4 is 23.2 Å². The molecule has 23 heavy (non-hydrogen) atoms. The number of benzene rings is 1. The average Bonchev–Trinajstić information content (AvgIpc) is 2.46.